The number of nitrogens with one attached hydrogen (secondary N) is 2. The van der Waals surface area contributed by atoms with Crippen LogP contribution in [0.15, 0.2) is 30.3 Å². The minimum atomic E-state index is -4.66. The van der Waals surface area contributed by atoms with Crippen LogP contribution < -0.4 is 10.6 Å². The van der Waals surface area contributed by atoms with E-state index in [1.165, 1.54) is 25.3 Å². The van der Waals surface area contributed by atoms with E-state index in [1.54, 1.807) is 6.07 Å². The predicted molar refractivity (Wildman–Crippen MR) is 125 cm³/mol. The molecule has 0 spiro atoms. The van der Waals surface area contributed by atoms with Crippen LogP contribution in [0.5, 0.6) is 0 Å². The molecule has 15 heteroatoms. The number of ether oxygens (including phenoxy) is 1. The van der Waals surface area contributed by atoms with Gasteiger partial charge in [0.2, 0.25) is 0 Å². The summed E-state index contributed by atoms with van der Waals surface area (Å²) in [5.41, 5.74) is -0.589. The third kappa shape index (κ3) is 5.88. The van der Waals surface area contributed by atoms with Crippen molar-refractivity contribution in [3.8, 4) is 11.4 Å². The van der Waals surface area contributed by atoms with Crippen molar-refractivity contribution in [1.29, 1.82) is 0 Å². The number of methoxy groups -OCH3 is 1. The number of halogens is 6. The van der Waals surface area contributed by atoms with Crippen LogP contribution in [0.25, 0.3) is 22.4 Å². The monoisotopic (exact) mass is 543 g/mol. The number of pyridine rings is 3. The molecule has 0 unspecified atom stereocenters. The Kier molecular flexibility index (Phi) is 7.45. The van der Waals surface area contributed by atoms with Crippen LogP contribution in [0.4, 0.5) is 43.7 Å². The molecule has 8 nitrogen and oxygen atoms in total. The van der Waals surface area contributed by atoms with Crippen molar-refractivity contribution in [3.05, 3.63) is 46.5 Å². The van der Waals surface area contributed by atoms with Crippen LogP contribution in [0, 0.1) is 0 Å². The van der Waals surface area contributed by atoms with Crippen LogP contribution in [0.1, 0.15) is 29.5 Å². The molecule has 0 fully saturated rings. The van der Waals surface area contributed by atoms with Gasteiger partial charge < -0.3 is 15.4 Å². The first-order valence-electron chi connectivity index (χ1n) is 10.8. The van der Waals surface area contributed by atoms with Gasteiger partial charge in [-0.3, -0.25) is 0 Å². The second-order valence-corrected chi connectivity index (χ2v) is 8.51. The van der Waals surface area contributed by atoms with Crippen molar-refractivity contribution in [2.45, 2.75) is 32.3 Å². The molecule has 0 radical (unpaired) electrons. The average Bonchev–Trinajstić information content (AvgIpc) is 3.33. The molecule has 0 aromatic carbocycles. The zero-order chi connectivity index (χ0) is 26.8. The Bertz CT molecular complexity index is 1410. The summed E-state index contributed by atoms with van der Waals surface area (Å²) in [7, 11) is 1.43. The second kappa shape index (κ2) is 10.4. The lowest BCUT2D eigenvalue weighted by molar-refractivity contribution is -0.137. The fourth-order valence-electron chi connectivity index (χ4n) is 3.43. The molecule has 37 heavy (non-hydrogen) atoms. The van der Waals surface area contributed by atoms with E-state index in [-0.39, 0.29) is 47.7 Å². The third-order valence-electron chi connectivity index (χ3n) is 5.01. The molecule has 0 bridgehead atoms. The first-order chi connectivity index (χ1) is 17.5. The quantitative estimate of drug-likeness (QED) is 0.250. The summed E-state index contributed by atoms with van der Waals surface area (Å²) in [5, 5.41) is 9.63. The molecule has 0 amide bonds. The van der Waals surface area contributed by atoms with E-state index in [1.807, 2.05) is 6.92 Å². The maximum atomic E-state index is 13.4. The van der Waals surface area contributed by atoms with E-state index in [9.17, 15) is 26.3 Å². The number of nitrogens with zero attached hydrogens (tertiary/aromatic N) is 5. The van der Waals surface area contributed by atoms with E-state index >= 15 is 0 Å². The van der Waals surface area contributed by atoms with E-state index in [0.717, 1.165) is 6.07 Å². The van der Waals surface area contributed by atoms with Crippen LogP contribution in [-0.2, 0) is 23.7 Å². The summed E-state index contributed by atoms with van der Waals surface area (Å²) in [4.78, 5) is 11.7. The molecule has 4 aromatic heterocycles. The van der Waals surface area contributed by atoms with Crippen LogP contribution >= 0.6 is 11.5 Å². The molecular formula is C22H19F6N7OS. The minimum absolute atomic E-state index is 0.0479. The fraction of sp³-hybridized carbons (Fsp3) is 0.318. The van der Waals surface area contributed by atoms with Gasteiger partial charge >= 0.3 is 12.4 Å². The van der Waals surface area contributed by atoms with Crippen LogP contribution in [0.3, 0.4) is 0 Å². The van der Waals surface area contributed by atoms with Crippen molar-refractivity contribution < 1.29 is 31.1 Å². The summed E-state index contributed by atoms with van der Waals surface area (Å²) in [6.45, 7) is 2.14. The molecule has 4 aromatic rings. The van der Waals surface area contributed by atoms with Crippen LogP contribution in [0.2, 0.25) is 0 Å². The topological polar surface area (TPSA) is 97.7 Å². The standard InChI is InChI=1S/C22H19F6N7OS/c1-3-8-29-20-13(21(23,24)25)5-7-16(33-20)31-15-9-11(10-36-2)30-19-12(15)4-6-14(32-19)17-18(22(26,27)28)37-35-34-17/h4-7,9H,3,8,10H2,1-2H3,(H2,29,30,31,32,33). The molecule has 4 rings (SSSR count). The number of hydrogen-bond donors (Lipinski definition) is 2. The maximum absolute atomic E-state index is 13.4. The molecular weight excluding hydrogens is 524 g/mol. The highest BCUT2D eigenvalue weighted by atomic mass is 32.1. The molecule has 4 heterocycles. The van der Waals surface area contributed by atoms with Crippen molar-refractivity contribution in [2.24, 2.45) is 0 Å². The second-order valence-electron chi connectivity index (χ2n) is 7.75. The Balaban J connectivity index is 1.78. The Morgan fingerprint density at radius 3 is 2.43 bits per heavy atom. The lowest BCUT2D eigenvalue weighted by Crippen LogP contribution is -2.13. The third-order valence-corrected chi connectivity index (χ3v) is 5.78. The summed E-state index contributed by atoms with van der Waals surface area (Å²) >= 11 is 0.209. The lowest BCUT2D eigenvalue weighted by Gasteiger charge is -2.16. The van der Waals surface area contributed by atoms with Gasteiger partial charge in [-0.2, -0.15) is 26.3 Å². The molecule has 0 atom stereocenters. The van der Waals surface area contributed by atoms with Crippen molar-refractivity contribution in [2.75, 3.05) is 24.3 Å². The number of rotatable bonds is 8. The molecule has 0 saturated carbocycles. The van der Waals surface area contributed by atoms with Gasteiger partial charge in [0.1, 0.15) is 17.3 Å². The van der Waals surface area contributed by atoms with E-state index in [0.29, 0.717) is 23.2 Å². The molecule has 0 aliphatic heterocycles. The molecule has 0 aliphatic rings. The van der Waals surface area contributed by atoms with E-state index < -0.39 is 28.5 Å². The van der Waals surface area contributed by atoms with Crippen molar-refractivity contribution >= 4 is 39.9 Å². The van der Waals surface area contributed by atoms with Gasteiger partial charge in [0.05, 0.1) is 29.2 Å². The highest BCUT2D eigenvalue weighted by Crippen LogP contribution is 2.39. The van der Waals surface area contributed by atoms with E-state index in [2.05, 4.69) is 35.2 Å². The highest BCUT2D eigenvalue weighted by Gasteiger charge is 2.38. The Morgan fingerprint density at radius 2 is 1.76 bits per heavy atom. The van der Waals surface area contributed by atoms with Crippen LogP contribution in [-0.4, -0.2) is 38.2 Å². The molecule has 2 N–H and O–H groups in total. The number of aromatic nitrogens is 5. The van der Waals surface area contributed by atoms with Crippen molar-refractivity contribution in [1.82, 2.24) is 24.5 Å². The summed E-state index contributed by atoms with van der Waals surface area (Å²) in [6.07, 6.45) is -8.67. The number of anilines is 3. The van der Waals surface area contributed by atoms with E-state index in [4.69, 9.17) is 4.74 Å². The van der Waals surface area contributed by atoms with Crippen molar-refractivity contribution in [3.63, 3.8) is 0 Å². The predicted octanol–water partition coefficient (Wildman–Crippen LogP) is 6.29. The smallest absolute Gasteiger partial charge is 0.378 e. The largest absolute Gasteiger partial charge is 0.429 e. The summed E-state index contributed by atoms with van der Waals surface area (Å²) in [6, 6.07) is 6.52. The van der Waals surface area contributed by atoms with Gasteiger partial charge in [-0.15, -0.1) is 5.10 Å². The number of hydrogen-bond acceptors (Lipinski definition) is 9. The van der Waals surface area contributed by atoms with Gasteiger partial charge in [0.15, 0.2) is 10.5 Å². The van der Waals surface area contributed by atoms with Gasteiger partial charge in [-0.25, -0.2) is 15.0 Å². The summed E-state index contributed by atoms with van der Waals surface area (Å²) < 4.78 is 88.8. The SMILES string of the molecule is CCCNc1nc(Nc2cc(COC)nc3nc(-c4nnsc4C(F)(F)F)ccc23)ccc1C(F)(F)F. The number of alkyl halides is 6. The zero-order valence-electron chi connectivity index (χ0n) is 19.3. The molecule has 0 aliphatic carbocycles. The lowest BCUT2D eigenvalue weighted by atomic mass is 10.1. The molecule has 0 saturated heterocycles. The zero-order valence-corrected chi connectivity index (χ0v) is 20.1. The van der Waals surface area contributed by atoms with Gasteiger partial charge in [0.25, 0.3) is 0 Å². The van der Waals surface area contributed by atoms with Gasteiger partial charge in [-0.1, -0.05) is 11.4 Å². The minimum Gasteiger partial charge on any atom is -0.378 e. The average molecular weight is 543 g/mol. The summed E-state index contributed by atoms with van der Waals surface area (Å²) in [5.74, 6) is -0.222. The Labute approximate surface area is 210 Å². The highest BCUT2D eigenvalue weighted by molar-refractivity contribution is 7.06. The van der Waals surface area contributed by atoms with Gasteiger partial charge in [-0.05, 0) is 48.3 Å². The Morgan fingerprint density at radius 1 is 0.973 bits per heavy atom. The number of fused-ring (bicyclic) bond motifs is 1. The Hall–Kier alpha value is -3.59. The fourth-order valence-corrected chi connectivity index (χ4v) is 3.97. The molecule has 196 valence electrons. The first kappa shape index (κ1) is 26.5. The normalized spacial score (nSPS) is 12.2. The first-order valence-corrected chi connectivity index (χ1v) is 11.6. The van der Waals surface area contributed by atoms with Gasteiger partial charge in [0, 0.05) is 19.0 Å². The maximum Gasteiger partial charge on any atom is 0.429 e.